The van der Waals surface area contributed by atoms with E-state index in [2.05, 4.69) is 21.8 Å². The third-order valence-electron chi connectivity index (χ3n) is 4.66. The Morgan fingerprint density at radius 2 is 2.25 bits per heavy atom. The lowest BCUT2D eigenvalue weighted by Gasteiger charge is -2.27. The summed E-state index contributed by atoms with van der Waals surface area (Å²) in [5, 5.41) is 1.09. The van der Waals surface area contributed by atoms with Crippen LogP contribution in [0.5, 0.6) is 0 Å². The molecule has 24 heavy (non-hydrogen) atoms. The van der Waals surface area contributed by atoms with E-state index in [0.29, 0.717) is 0 Å². The number of fused-ring (bicyclic) bond motifs is 2. The molecule has 0 fully saturated rings. The quantitative estimate of drug-likeness (QED) is 0.797. The molecule has 124 valence electrons. The largest absolute Gasteiger partial charge is 0.361 e. The highest BCUT2D eigenvalue weighted by Crippen LogP contribution is 2.24. The van der Waals surface area contributed by atoms with E-state index in [1.165, 1.54) is 22.9 Å². The molecule has 0 radical (unpaired) electrons. The highest BCUT2D eigenvalue weighted by molar-refractivity contribution is 5.83. The van der Waals surface area contributed by atoms with Gasteiger partial charge in [-0.15, -0.1) is 0 Å². The molecule has 0 amide bonds. The Labute approximate surface area is 140 Å². The summed E-state index contributed by atoms with van der Waals surface area (Å²) in [6.07, 6.45) is 6.96. The van der Waals surface area contributed by atoms with E-state index in [-0.39, 0.29) is 5.82 Å². The average molecular weight is 324 g/mol. The van der Waals surface area contributed by atoms with Crippen LogP contribution in [0.1, 0.15) is 36.0 Å². The number of H-pyrrole nitrogens is 1. The maximum absolute atomic E-state index is 13.3. The molecule has 1 aliphatic rings. The van der Waals surface area contributed by atoms with Crippen LogP contribution in [0.25, 0.3) is 10.9 Å². The molecule has 1 aliphatic heterocycles. The first-order valence-corrected chi connectivity index (χ1v) is 8.54. The van der Waals surface area contributed by atoms with E-state index in [9.17, 15) is 4.39 Å². The van der Waals surface area contributed by atoms with Gasteiger partial charge >= 0.3 is 0 Å². The lowest BCUT2D eigenvalue weighted by Crippen LogP contribution is -2.31. The molecule has 1 aromatic carbocycles. The molecule has 0 saturated carbocycles. The van der Waals surface area contributed by atoms with Crippen molar-refractivity contribution in [3.63, 3.8) is 0 Å². The van der Waals surface area contributed by atoms with E-state index < -0.39 is 0 Å². The van der Waals surface area contributed by atoms with Gasteiger partial charge in [-0.1, -0.05) is 6.92 Å². The number of hydrogen-bond donors (Lipinski definition) is 1. The number of aromatic nitrogens is 3. The lowest BCUT2D eigenvalue weighted by molar-refractivity contribution is 0.243. The molecule has 0 bridgehead atoms. The van der Waals surface area contributed by atoms with Gasteiger partial charge in [0.2, 0.25) is 0 Å². The summed E-state index contributed by atoms with van der Waals surface area (Å²) < 4.78 is 13.3. The minimum absolute atomic E-state index is 0.206. The minimum atomic E-state index is -0.206. The second-order valence-electron chi connectivity index (χ2n) is 6.47. The van der Waals surface area contributed by atoms with Crippen LogP contribution in [0.4, 0.5) is 4.39 Å². The van der Waals surface area contributed by atoms with Crippen LogP contribution >= 0.6 is 0 Å². The fourth-order valence-electron chi connectivity index (χ4n) is 3.43. The number of halogens is 1. The second-order valence-corrected chi connectivity index (χ2v) is 6.47. The summed E-state index contributed by atoms with van der Waals surface area (Å²) in [6.45, 7) is 4.86. The van der Waals surface area contributed by atoms with Gasteiger partial charge in [-0.05, 0) is 30.2 Å². The molecular weight excluding hydrogens is 303 g/mol. The smallest absolute Gasteiger partial charge is 0.128 e. The number of aromatic amines is 1. The summed E-state index contributed by atoms with van der Waals surface area (Å²) in [7, 11) is 0. The van der Waals surface area contributed by atoms with Gasteiger partial charge in [0.15, 0.2) is 0 Å². The third kappa shape index (κ3) is 2.91. The first kappa shape index (κ1) is 15.3. The summed E-state index contributed by atoms with van der Waals surface area (Å²) in [6, 6.07) is 4.93. The van der Waals surface area contributed by atoms with Crippen LogP contribution in [-0.2, 0) is 25.9 Å². The van der Waals surface area contributed by atoms with Crippen LogP contribution < -0.4 is 0 Å². The molecule has 1 N–H and O–H groups in total. The van der Waals surface area contributed by atoms with Gasteiger partial charge in [-0.25, -0.2) is 14.4 Å². The zero-order chi connectivity index (χ0) is 16.5. The summed E-state index contributed by atoms with van der Waals surface area (Å²) >= 11 is 0. The molecular formula is C19H21FN4. The normalized spacial score (nSPS) is 14.9. The lowest BCUT2D eigenvalue weighted by atomic mass is 10.1. The van der Waals surface area contributed by atoms with Crippen LogP contribution in [0.2, 0.25) is 0 Å². The first-order chi connectivity index (χ1) is 11.7. The standard InChI is InChI=1S/C19H21FN4/c1-2-3-19-22-10-14-12-24(7-6-17(14)23-19)11-13-9-21-18-8-15(20)4-5-16(13)18/h4-5,8-10,21H,2-3,6-7,11-12H2,1H3. The zero-order valence-electron chi connectivity index (χ0n) is 13.8. The number of hydrogen-bond acceptors (Lipinski definition) is 3. The number of nitrogens with one attached hydrogen (secondary N) is 1. The predicted octanol–water partition coefficient (Wildman–Crippen LogP) is 3.61. The van der Waals surface area contributed by atoms with Gasteiger partial charge in [-0.3, -0.25) is 4.90 Å². The van der Waals surface area contributed by atoms with Gasteiger partial charge in [0.05, 0.1) is 0 Å². The van der Waals surface area contributed by atoms with E-state index in [4.69, 9.17) is 4.98 Å². The number of aryl methyl sites for hydroxylation is 1. The van der Waals surface area contributed by atoms with E-state index in [1.807, 2.05) is 18.5 Å². The molecule has 3 heterocycles. The molecule has 0 atom stereocenters. The zero-order valence-corrected chi connectivity index (χ0v) is 13.8. The Hall–Kier alpha value is -2.27. The van der Waals surface area contributed by atoms with Crippen molar-refractivity contribution in [1.29, 1.82) is 0 Å². The number of rotatable bonds is 4. The van der Waals surface area contributed by atoms with Gasteiger partial charge in [-0.2, -0.15) is 0 Å². The predicted molar refractivity (Wildman–Crippen MR) is 92.1 cm³/mol. The molecule has 4 nitrogen and oxygen atoms in total. The molecule has 3 aromatic rings. The second kappa shape index (κ2) is 6.32. The number of nitrogens with zero attached hydrogens (tertiary/aromatic N) is 3. The SMILES string of the molecule is CCCc1ncc2c(n1)CCN(Cc1c[nH]c3cc(F)ccc13)C2. The fourth-order valence-corrected chi connectivity index (χ4v) is 3.43. The summed E-state index contributed by atoms with van der Waals surface area (Å²) in [5.74, 6) is 0.756. The van der Waals surface area contributed by atoms with Crippen LogP contribution in [0.15, 0.2) is 30.6 Å². The van der Waals surface area contributed by atoms with Crippen molar-refractivity contribution in [2.24, 2.45) is 0 Å². The Bertz CT molecular complexity index is 871. The Balaban J connectivity index is 1.52. The van der Waals surface area contributed by atoms with Crippen molar-refractivity contribution < 1.29 is 4.39 Å². The molecule has 0 unspecified atom stereocenters. The average Bonchev–Trinajstić information content (AvgIpc) is 2.97. The topological polar surface area (TPSA) is 44.8 Å². The van der Waals surface area contributed by atoms with Gasteiger partial charge < -0.3 is 4.98 Å². The van der Waals surface area contributed by atoms with E-state index in [0.717, 1.165) is 55.6 Å². The minimum Gasteiger partial charge on any atom is -0.361 e. The van der Waals surface area contributed by atoms with Crippen LogP contribution in [-0.4, -0.2) is 26.4 Å². The van der Waals surface area contributed by atoms with Crippen molar-refractivity contribution in [3.8, 4) is 0 Å². The van der Waals surface area contributed by atoms with Crippen LogP contribution in [0, 0.1) is 5.82 Å². The molecule has 4 rings (SSSR count). The Morgan fingerprint density at radius 1 is 1.33 bits per heavy atom. The Kier molecular flexibility index (Phi) is 4.02. The van der Waals surface area contributed by atoms with Gasteiger partial charge in [0, 0.05) is 67.0 Å². The van der Waals surface area contributed by atoms with Crippen molar-refractivity contribution in [3.05, 3.63) is 59.1 Å². The monoisotopic (exact) mass is 324 g/mol. The van der Waals surface area contributed by atoms with Crippen molar-refractivity contribution in [2.45, 2.75) is 39.3 Å². The summed E-state index contributed by atoms with van der Waals surface area (Å²) in [5.41, 5.74) is 4.49. The van der Waals surface area contributed by atoms with Gasteiger partial charge in [0.1, 0.15) is 11.6 Å². The maximum Gasteiger partial charge on any atom is 0.128 e. The first-order valence-electron chi connectivity index (χ1n) is 8.54. The van der Waals surface area contributed by atoms with Crippen molar-refractivity contribution in [2.75, 3.05) is 6.54 Å². The highest BCUT2D eigenvalue weighted by atomic mass is 19.1. The molecule has 5 heteroatoms. The highest BCUT2D eigenvalue weighted by Gasteiger charge is 2.19. The number of benzene rings is 1. The van der Waals surface area contributed by atoms with E-state index >= 15 is 0 Å². The molecule has 0 aliphatic carbocycles. The fraction of sp³-hybridized carbons (Fsp3) is 0.368. The molecule has 0 spiro atoms. The van der Waals surface area contributed by atoms with Gasteiger partial charge in [0.25, 0.3) is 0 Å². The van der Waals surface area contributed by atoms with Crippen molar-refractivity contribution >= 4 is 10.9 Å². The maximum atomic E-state index is 13.3. The van der Waals surface area contributed by atoms with E-state index in [1.54, 1.807) is 6.07 Å². The molecule has 0 saturated heterocycles. The Morgan fingerprint density at radius 3 is 3.12 bits per heavy atom. The third-order valence-corrected chi connectivity index (χ3v) is 4.66. The van der Waals surface area contributed by atoms with Crippen LogP contribution in [0.3, 0.4) is 0 Å². The molecule has 2 aromatic heterocycles. The summed E-state index contributed by atoms with van der Waals surface area (Å²) in [4.78, 5) is 14.8. The van der Waals surface area contributed by atoms with Crippen molar-refractivity contribution in [1.82, 2.24) is 19.9 Å².